The van der Waals surface area contributed by atoms with Crippen molar-refractivity contribution in [3.05, 3.63) is 77.0 Å². The molecular weight excluding hydrogens is 466 g/mol. The highest BCUT2D eigenvalue weighted by molar-refractivity contribution is 8.26. The summed E-state index contributed by atoms with van der Waals surface area (Å²) in [4.78, 5) is 17.3. The Morgan fingerprint density at radius 1 is 1.03 bits per heavy atom. The zero-order valence-corrected chi connectivity index (χ0v) is 21.6. The predicted molar refractivity (Wildman–Crippen MR) is 151 cm³/mol. The topological polar surface area (TPSA) is 73.8 Å². The molecule has 3 heterocycles. The van der Waals surface area contributed by atoms with Crippen LogP contribution in [-0.2, 0) is 11.3 Å². The Hall–Kier alpha value is -3.45. The second kappa shape index (κ2) is 10.7. The van der Waals surface area contributed by atoms with E-state index in [9.17, 15) is 4.79 Å². The molecule has 2 aromatic carbocycles. The number of aryl methyl sites for hydroxylation is 1. The zero-order chi connectivity index (χ0) is 25.1. The van der Waals surface area contributed by atoms with Crippen LogP contribution in [0.15, 0.2) is 70.4 Å². The molecule has 36 heavy (non-hydrogen) atoms. The molecule has 3 aromatic rings. The van der Waals surface area contributed by atoms with E-state index in [4.69, 9.17) is 5.41 Å². The first-order valence-electron chi connectivity index (χ1n) is 12.7. The third-order valence-corrected chi connectivity index (χ3v) is 7.68. The Balaban J connectivity index is 1.41. The van der Waals surface area contributed by atoms with Crippen LogP contribution in [0.2, 0.25) is 0 Å². The first kappa shape index (κ1) is 24.3. The Bertz CT molecular complexity index is 1410. The van der Waals surface area contributed by atoms with Crippen molar-refractivity contribution < 1.29 is 4.79 Å². The molecule has 184 valence electrons. The highest BCUT2D eigenvalue weighted by Gasteiger charge is 2.35. The number of para-hydroxylation sites is 1. The van der Waals surface area contributed by atoms with Crippen molar-refractivity contribution in [2.24, 2.45) is 10.1 Å². The second-order valence-electron chi connectivity index (χ2n) is 9.33. The van der Waals surface area contributed by atoms with Crippen molar-refractivity contribution in [3.8, 4) is 0 Å². The van der Waals surface area contributed by atoms with Gasteiger partial charge in [-0.05, 0) is 54.8 Å². The van der Waals surface area contributed by atoms with Gasteiger partial charge in [-0.1, -0.05) is 75.1 Å². The van der Waals surface area contributed by atoms with Crippen molar-refractivity contribution in [2.45, 2.75) is 58.9 Å². The molecule has 0 saturated carbocycles. The van der Waals surface area contributed by atoms with E-state index in [0.29, 0.717) is 5.17 Å². The van der Waals surface area contributed by atoms with Gasteiger partial charge < -0.3 is 4.57 Å². The van der Waals surface area contributed by atoms with E-state index < -0.39 is 0 Å². The highest BCUT2D eigenvalue weighted by atomic mass is 32.2. The maximum Gasteiger partial charge on any atom is 0.283 e. The number of nitrogens with one attached hydrogen (secondary N) is 1. The number of hydrogen-bond acceptors (Lipinski definition) is 4. The predicted octanol–water partition coefficient (Wildman–Crippen LogP) is 6.98. The molecule has 2 aliphatic rings. The van der Waals surface area contributed by atoms with E-state index in [1.54, 1.807) is 6.08 Å². The summed E-state index contributed by atoms with van der Waals surface area (Å²) >= 11 is 1.42. The lowest BCUT2D eigenvalue weighted by molar-refractivity contribution is -0.114. The van der Waals surface area contributed by atoms with Gasteiger partial charge in [0.05, 0.1) is 5.57 Å². The van der Waals surface area contributed by atoms with Crippen molar-refractivity contribution in [3.63, 3.8) is 0 Å². The summed E-state index contributed by atoms with van der Waals surface area (Å²) in [5, 5.41) is 17.4. The van der Waals surface area contributed by atoms with Crippen LogP contribution < -0.4 is 0 Å². The molecule has 0 spiro atoms. The Morgan fingerprint density at radius 2 is 1.81 bits per heavy atom. The number of unbranched alkanes of at least 4 members (excludes halogenated alkanes) is 4. The van der Waals surface area contributed by atoms with Crippen LogP contribution in [-0.4, -0.2) is 31.5 Å². The second-order valence-corrected chi connectivity index (χ2v) is 10.4. The standard InChI is InChI=1S/C29H31N5OS/c1-3-4-5-6-7-16-26-32-34-27(30)24(28(35)31-29(34)36-26)17-22-19-33(25-15-11-10-14-23(22)25)18-21-13-9-8-12-20(21)2/h8-15,17,19,30H,3-7,16,18H2,1-2H3. The minimum absolute atomic E-state index is 0.0919. The van der Waals surface area contributed by atoms with Gasteiger partial charge in [-0.15, -0.1) is 0 Å². The lowest BCUT2D eigenvalue weighted by Gasteiger charge is -2.20. The van der Waals surface area contributed by atoms with Gasteiger partial charge in [0.1, 0.15) is 5.04 Å². The monoisotopic (exact) mass is 497 g/mol. The Morgan fingerprint density at radius 3 is 2.64 bits per heavy atom. The number of carbonyl (C=O) groups is 1. The summed E-state index contributed by atoms with van der Waals surface area (Å²) in [5.74, 6) is -0.289. The van der Waals surface area contributed by atoms with Gasteiger partial charge in [0.25, 0.3) is 5.91 Å². The molecule has 0 fully saturated rings. The number of fused-ring (bicyclic) bond motifs is 2. The number of benzene rings is 2. The van der Waals surface area contributed by atoms with E-state index in [2.05, 4.69) is 71.1 Å². The number of thioether (sulfide) groups is 1. The van der Waals surface area contributed by atoms with Crippen LogP contribution in [0.25, 0.3) is 17.0 Å². The highest BCUT2D eigenvalue weighted by Crippen LogP contribution is 2.32. The molecule has 7 heteroatoms. The molecule has 2 aliphatic heterocycles. The van der Waals surface area contributed by atoms with Crippen LogP contribution in [0.1, 0.15) is 62.1 Å². The first-order valence-corrected chi connectivity index (χ1v) is 13.5. The minimum atomic E-state index is -0.381. The quantitative estimate of drug-likeness (QED) is 0.256. The number of aromatic nitrogens is 1. The van der Waals surface area contributed by atoms with Crippen LogP contribution >= 0.6 is 11.8 Å². The fourth-order valence-corrected chi connectivity index (χ4v) is 5.59. The normalized spacial score (nSPS) is 16.6. The number of hydrogen-bond donors (Lipinski definition) is 1. The van der Waals surface area contributed by atoms with Gasteiger partial charge in [-0.25, -0.2) is 0 Å². The summed E-state index contributed by atoms with van der Waals surface area (Å²) in [5.41, 5.74) is 4.75. The molecule has 0 radical (unpaired) electrons. The lowest BCUT2D eigenvalue weighted by atomic mass is 10.1. The number of aliphatic imine (C=N–C) groups is 1. The van der Waals surface area contributed by atoms with Gasteiger partial charge in [-0.3, -0.25) is 10.2 Å². The fourth-order valence-electron chi connectivity index (χ4n) is 4.66. The molecular formula is C29H31N5OS. The number of hydrazone groups is 1. The van der Waals surface area contributed by atoms with Gasteiger partial charge in [0.2, 0.25) is 5.17 Å². The average Bonchev–Trinajstić information content (AvgIpc) is 3.44. The van der Waals surface area contributed by atoms with Crippen molar-refractivity contribution in [1.82, 2.24) is 9.58 Å². The van der Waals surface area contributed by atoms with Crippen molar-refractivity contribution >= 4 is 50.7 Å². The number of nitrogens with zero attached hydrogens (tertiary/aromatic N) is 4. The first-order chi connectivity index (χ1) is 17.5. The smallest absolute Gasteiger partial charge is 0.283 e. The van der Waals surface area contributed by atoms with E-state index >= 15 is 0 Å². The largest absolute Gasteiger partial charge is 0.342 e. The van der Waals surface area contributed by atoms with Gasteiger partial charge in [-0.2, -0.15) is 15.1 Å². The zero-order valence-electron chi connectivity index (χ0n) is 20.8. The summed E-state index contributed by atoms with van der Waals surface area (Å²) in [6.45, 7) is 5.07. The van der Waals surface area contributed by atoms with E-state index in [1.807, 2.05) is 12.1 Å². The molecule has 6 nitrogen and oxygen atoms in total. The number of amides is 1. The molecule has 0 bridgehead atoms. The lowest BCUT2D eigenvalue weighted by Crippen LogP contribution is -2.35. The van der Waals surface area contributed by atoms with Gasteiger partial charge in [0, 0.05) is 29.2 Å². The summed E-state index contributed by atoms with van der Waals surface area (Å²) in [7, 11) is 0. The summed E-state index contributed by atoms with van der Waals surface area (Å²) in [6, 6.07) is 16.5. The maximum atomic E-state index is 13.0. The van der Waals surface area contributed by atoms with Crippen LogP contribution in [0.5, 0.6) is 0 Å². The molecule has 0 saturated heterocycles. The van der Waals surface area contributed by atoms with Gasteiger partial charge in [0.15, 0.2) is 5.84 Å². The molecule has 5 rings (SSSR count). The summed E-state index contributed by atoms with van der Waals surface area (Å²) < 4.78 is 2.20. The third-order valence-electron chi connectivity index (χ3n) is 6.71. The van der Waals surface area contributed by atoms with Crippen molar-refractivity contribution in [2.75, 3.05) is 0 Å². The number of amidine groups is 2. The molecule has 0 atom stereocenters. The average molecular weight is 498 g/mol. The van der Waals surface area contributed by atoms with Gasteiger partial charge >= 0.3 is 0 Å². The molecule has 1 N–H and O–H groups in total. The number of rotatable bonds is 9. The SMILES string of the molecule is CCCCCCCC1=NN2C(=N)C(=Cc3cn(Cc4ccccc4C)c4ccccc34)C(=O)N=C2S1. The van der Waals surface area contributed by atoms with E-state index in [0.717, 1.165) is 40.9 Å². The van der Waals surface area contributed by atoms with Crippen LogP contribution in [0.4, 0.5) is 0 Å². The molecule has 0 unspecified atom stereocenters. The molecule has 1 aromatic heterocycles. The maximum absolute atomic E-state index is 13.0. The number of carbonyl (C=O) groups excluding carboxylic acids is 1. The molecule has 1 amide bonds. The van der Waals surface area contributed by atoms with E-state index in [1.165, 1.54) is 53.6 Å². The summed E-state index contributed by atoms with van der Waals surface area (Å²) in [6.07, 6.45) is 10.7. The molecule has 0 aliphatic carbocycles. The third kappa shape index (κ3) is 4.93. The van der Waals surface area contributed by atoms with Crippen molar-refractivity contribution in [1.29, 1.82) is 5.41 Å². The van der Waals surface area contributed by atoms with Crippen LogP contribution in [0, 0.1) is 12.3 Å². The fraction of sp³-hybridized carbons (Fsp3) is 0.310. The Kier molecular flexibility index (Phi) is 7.18. The van der Waals surface area contributed by atoms with E-state index in [-0.39, 0.29) is 17.3 Å². The minimum Gasteiger partial charge on any atom is -0.342 e. The Labute approximate surface area is 216 Å². The van der Waals surface area contributed by atoms with Crippen LogP contribution in [0.3, 0.4) is 0 Å².